The lowest BCUT2D eigenvalue weighted by Crippen LogP contribution is -2.12. The Labute approximate surface area is 176 Å². The van der Waals surface area contributed by atoms with Crippen molar-refractivity contribution in [1.29, 1.82) is 0 Å². The molecule has 1 N–H and O–H groups in total. The van der Waals surface area contributed by atoms with E-state index in [0.717, 1.165) is 21.8 Å². The molecule has 0 spiro atoms. The van der Waals surface area contributed by atoms with Crippen molar-refractivity contribution in [3.8, 4) is 21.8 Å². The fraction of sp³-hybridized carbons (Fsp3) is 0. The van der Waals surface area contributed by atoms with Crippen molar-refractivity contribution in [2.45, 2.75) is 0 Å². The summed E-state index contributed by atoms with van der Waals surface area (Å²) in [5, 5.41) is 5.25. The van der Waals surface area contributed by atoms with Gasteiger partial charge in [0.05, 0.1) is 10.6 Å². The number of rotatable bonds is 4. The van der Waals surface area contributed by atoms with E-state index in [1.54, 1.807) is 18.2 Å². The summed E-state index contributed by atoms with van der Waals surface area (Å²) >= 11 is 13.6. The second-order valence-electron chi connectivity index (χ2n) is 6.01. The molecule has 3 aromatic carbocycles. The SMILES string of the molecule is O=C(Nc1sc(-c2ccccc2)nc1-c1ccccc1)c1ccc(Cl)cc1Cl. The summed E-state index contributed by atoms with van der Waals surface area (Å²) < 4.78 is 0. The lowest BCUT2D eigenvalue weighted by Gasteiger charge is -2.07. The highest BCUT2D eigenvalue weighted by Crippen LogP contribution is 2.38. The topological polar surface area (TPSA) is 42.0 Å². The van der Waals surface area contributed by atoms with Gasteiger partial charge >= 0.3 is 0 Å². The lowest BCUT2D eigenvalue weighted by molar-refractivity contribution is 0.102. The van der Waals surface area contributed by atoms with E-state index in [2.05, 4.69) is 5.32 Å². The van der Waals surface area contributed by atoms with E-state index in [-0.39, 0.29) is 5.91 Å². The molecule has 3 nitrogen and oxygen atoms in total. The van der Waals surface area contributed by atoms with Gasteiger partial charge in [-0.05, 0) is 18.2 Å². The van der Waals surface area contributed by atoms with Gasteiger partial charge in [0.15, 0.2) is 0 Å². The van der Waals surface area contributed by atoms with E-state index in [1.807, 2.05) is 60.7 Å². The minimum atomic E-state index is -0.304. The lowest BCUT2D eigenvalue weighted by atomic mass is 10.1. The Morgan fingerprint density at radius 2 is 1.50 bits per heavy atom. The van der Waals surface area contributed by atoms with Crippen LogP contribution in [0.5, 0.6) is 0 Å². The van der Waals surface area contributed by atoms with Crippen LogP contribution in [-0.2, 0) is 0 Å². The maximum absolute atomic E-state index is 12.8. The van der Waals surface area contributed by atoms with E-state index in [9.17, 15) is 4.79 Å². The smallest absolute Gasteiger partial charge is 0.257 e. The zero-order chi connectivity index (χ0) is 19.5. The second-order valence-corrected chi connectivity index (χ2v) is 7.85. The number of halogens is 2. The fourth-order valence-electron chi connectivity index (χ4n) is 2.74. The number of nitrogens with zero attached hydrogens (tertiary/aromatic N) is 1. The number of carbonyl (C=O) groups is 1. The minimum Gasteiger partial charge on any atom is -0.312 e. The molecule has 0 aliphatic heterocycles. The predicted molar refractivity (Wildman–Crippen MR) is 117 cm³/mol. The Morgan fingerprint density at radius 1 is 0.857 bits per heavy atom. The van der Waals surface area contributed by atoms with Crippen LogP contribution in [0.15, 0.2) is 78.9 Å². The van der Waals surface area contributed by atoms with Gasteiger partial charge in [-0.3, -0.25) is 4.79 Å². The van der Waals surface area contributed by atoms with Crippen LogP contribution in [0, 0.1) is 0 Å². The van der Waals surface area contributed by atoms with Crippen LogP contribution in [0.1, 0.15) is 10.4 Å². The molecule has 0 fully saturated rings. The summed E-state index contributed by atoms with van der Waals surface area (Å²) in [5.41, 5.74) is 3.01. The van der Waals surface area contributed by atoms with Crippen LogP contribution in [-0.4, -0.2) is 10.9 Å². The molecular weight excluding hydrogens is 411 g/mol. The van der Waals surface area contributed by atoms with Crippen molar-refractivity contribution in [2.24, 2.45) is 0 Å². The third-order valence-electron chi connectivity index (χ3n) is 4.10. The highest BCUT2D eigenvalue weighted by Gasteiger charge is 2.18. The summed E-state index contributed by atoms with van der Waals surface area (Å²) in [5.74, 6) is -0.304. The first-order valence-corrected chi connectivity index (χ1v) is 10.1. The molecule has 0 aliphatic rings. The number of benzene rings is 3. The maximum atomic E-state index is 12.8. The monoisotopic (exact) mass is 424 g/mol. The van der Waals surface area contributed by atoms with Crippen molar-refractivity contribution in [2.75, 3.05) is 5.32 Å². The van der Waals surface area contributed by atoms with E-state index < -0.39 is 0 Å². The van der Waals surface area contributed by atoms with E-state index in [0.29, 0.717) is 20.6 Å². The van der Waals surface area contributed by atoms with Gasteiger partial charge in [-0.25, -0.2) is 4.98 Å². The van der Waals surface area contributed by atoms with Gasteiger partial charge in [0, 0.05) is 16.1 Å². The highest BCUT2D eigenvalue weighted by molar-refractivity contribution is 7.19. The first-order chi connectivity index (χ1) is 13.6. The summed E-state index contributed by atoms with van der Waals surface area (Å²) in [6.07, 6.45) is 0. The second kappa shape index (κ2) is 8.15. The molecular formula is C22H14Cl2N2OS. The molecule has 28 heavy (non-hydrogen) atoms. The summed E-state index contributed by atoms with van der Waals surface area (Å²) in [4.78, 5) is 17.6. The van der Waals surface area contributed by atoms with E-state index in [1.165, 1.54) is 11.3 Å². The van der Waals surface area contributed by atoms with Crippen molar-refractivity contribution >= 4 is 45.4 Å². The molecule has 1 heterocycles. The quantitative estimate of drug-likeness (QED) is 0.381. The molecule has 4 aromatic rings. The molecule has 6 heteroatoms. The third-order valence-corrected chi connectivity index (χ3v) is 5.67. The van der Waals surface area contributed by atoms with Gasteiger partial charge in [0.2, 0.25) is 0 Å². The molecule has 138 valence electrons. The number of nitrogens with one attached hydrogen (secondary N) is 1. The van der Waals surface area contributed by atoms with Crippen LogP contribution >= 0.6 is 34.5 Å². The van der Waals surface area contributed by atoms with Crippen LogP contribution in [0.25, 0.3) is 21.8 Å². The zero-order valence-electron chi connectivity index (χ0n) is 14.5. The molecule has 0 saturated carbocycles. The molecule has 0 radical (unpaired) electrons. The molecule has 0 saturated heterocycles. The highest BCUT2D eigenvalue weighted by atomic mass is 35.5. The van der Waals surface area contributed by atoms with Crippen molar-refractivity contribution in [3.05, 3.63) is 94.5 Å². The zero-order valence-corrected chi connectivity index (χ0v) is 16.9. The average Bonchev–Trinajstić information content (AvgIpc) is 3.13. The minimum absolute atomic E-state index is 0.304. The van der Waals surface area contributed by atoms with Crippen molar-refractivity contribution in [1.82, 2.24) is 4.98 Å². The predicted octanol–water partition coefficient (Wildman–Crippen LogP) is 7.04. The number of amides is 1. The van der Waals surface area contributed by atoms with Gasteiger partial charge < -0.3 is 5.32 Å². The van der Waals surface area contributed by atoms with Crippen molar-refractivity contribution in [3.63, 3.8) is 0 Å². The molecule has 0 atom stereocenters. The number of carbonyl (C=O) groups excluding carboxylic acids is 1. The molecule has 1 amide bonds. The average molecular weight is 425 g/mol. The standard InChI is InChI=1S/C22H14Cl2N2OS/c23-16-11-12-17(18(24)13-16)20(27)26-22-19(14-7-3-1-4-8-14)25-21(28-22)15-9-5-2-6-10-15/h1-13H,(H,26,27). The summed E-state index contributed by atoms with van der Waals surface area (Å²) in [7, 11) is 0. The Morgan fingerprint density at radius 3 is 2.14 bits per heavy atom. The largest absolute Gasteiger partial charge is 0.312 e. The number of anilines is 1. The third kappa shape index (κ3) is 3.94. The van der Waals surface area contributed by atoms with Gasteiger partial charge in [-0.1, -0.05) is 95.2 Å². The number of hydrogen-bond acceptors (Lipinski definition) is 3. The maximum Gasteiger partial charge on any atom is 0.257 e. The fourth-order valence-corrected chi connectivity index (χ4v) is 4.23. The molecule has 0 bridgehead atoms. The van der Waals surface area contributed by atoms with E-state index >= 15 is 0 Å². The normalized spacial score (nSPS) is 10.6. The van der Waals surface area contributed by atoms with Gasteiger partial charge in [0.1, 0.15) is 15.7 Å². The number of aromatic nitrogens is 1. The van der Waals surface area contributed by atoms with Crippen LogP contribution in [0.4, 0.5) is 5.00 Å². The Kier molecular flexibility index (Phi) is 5.44. The number of hydrogen-bond donors (Lipinski definition) is 1. The van der Waals surface area contributed by atoms with Crippen LogP contribution in [0.2, 0.25) is 10.0 Å². The first-order valence-electron chi connectivity index (χ1n) is 8.50. The number of thiazole rings is 1. The van der Waals surface area contributed by atoms with Gasteiger partial charge in [-0.15, -0.1) is 0 Å². The molecule has 4 rings (SSSR count). The Bertz CT molecular complexity index is 1130. The van der Waals surface area contributed by atoms with E-state index in [4.69, 9.17) is 28.2 Å². The summed E-state index contributed by atoms with van der Waals surface area (Å²) in [6.45, 7) is 0. The molecule has 1 aromatic heterocycles. The van der Waals surface area contributed by atoms with Gasteiger partial charge in [-0.2, -0.15) is 0 Å². The van der Waals surface area contributed by atoms with Crippen molar-refractivity contribution < 1.29 is 4.79 Å². The Hall–Kier alpha value is -2.66. The first kappa shape index (κ1) is 18.7. The Balaban J connectivity index is 1.74. The molecule has 0 unspecified atom stereocenters. The van der Waals surface area contributed by atoms with Gasteiger partial charge in [0.25, 0.3) is 5.91 Å². The summed E-state index contributed by atoms with van der Waals surface area (Å²) in [6, 6.07) is 24.4. The van der Waals surface area contributed by atoms with Crippen LogP contribution in [0.3, 0.4) is 0 Å². The van der Waals surface area contributed by atoms with Crippen LogP contribution < -0.4 is 5.32 Å². The molecule has 0 aliphatic carbocycles.